The van der Waals surface area contributed by atoms with Gasteiger partial charge in [-0.1, -0.05) is 18.2 Å². The molecule has 114 valence electrons. The fraction of sp³-hybridized carbons (Fsp3) is 0.278. The highest BCUT2D eigenvalue weighted by Gasteiger charge is 2.09. The van der Waals surface area contributed by atoms with Gasteiger partial charge < -0.3 is 9.64 Å². The third-order valence-electron chi connectivity index (χ3n) is 3.57. The zero-order valence-corrected chi connectivity index (χ0v) is 13.7. The molecule has 0 aliphatic carbocycles. The Morgan fingerprint density at radius 1 is 1.05 bits per heavy atom. The van der Waals surface area contributed by atoms with E-state index in [9.17, 15) is 4.79 Å². The Labute approximate surface area is 133 Å². The van der Waals surface area contributed by atoms with Gasteiger partial charge in [0.25, 0.3) is 0 Å². The summed E-state index contributed by atoms with van der Waals surface area (Å²) in [6, 6.07) is 13.5. The van der Waals surface area contributed by atoms with Crippen LogP contribution in [-0.2, 0) is 0 Å². The Hall–Kier alpha value is -1.91. The van der Waals surface area contributed by atoms with E-state index in [2.05, 4.69) is 19.0 Å². The van der Waals surface area contributed by atoms with Crippen molar-refractivity contribution in [3.05, 3.63) is 52.7 Å². The summed E-state index contributed by atoms with van der Waals surface area (Å²) >= 11 is 1.62. The Morgan fingerprint density at radius 3 is 2.64 bits per heavy atom. The lowest BCUT2D eigenvalue weighted by molar-refractivity contribution is 0.284. The topological polar surface area (TPSA) is 29.5 Å². The van der Waals surface area contributed by atoms with Crippen molar-refractivity contribution in [2.75, 3.05) is 27.2 Å². The summed E-state index contributed by atoms with van der Waals surface area (Å²) in [4.78, 5) is 14.7. The molecule has 3 rings (SSSR count). The Balaban J connectivity index is 1.99. The van der Waals surface area contributed by atoms with E-state index in [4.69, 9.17) is 4.74 Å². The SMILES string of the molecule is CN(C)CCCOc1cccc2c(=O)c3ccccc3sc12. The van der Waals surface area contributed by atoms with Gasteiger partial charge >= 0.3 is 0 Å². The molecule has 0 saturated heterocycles. The van der Waals surface area contributed by atoms with Crippen LogP contribution in [0.5, 0.6) is 5.75 Å². The van der Waals surface area contributed by atoms with Crippen LogP contribution < -0.4 is 10.2 Å². The summed E-state index contributed by atoms with van der Waals surface area (Å²) < 4.78 is 7.86. The highest BCUT2D eigenvalue weighted by Crippen LogP contribution is 2.31. The van der Waals surface area contributed by atoms with Crippen LogP contribution in [0.1, 0.15) is 6.42 Å². The van der Waals surface area contributed by atoms with Gasteiger partial charge in [-0.15, -0.1) is 11.3 Å². The van der Waals surface area contributed by atoms with Gasteiger partial charge in [-0.3, -0.25) is 4.79 Å². The van der Waals surface area contributed by atoms with Crippen LogP contribution in [0.3, 0.4) is 0 Å². The van der Waals surface area contributed by atoms with E-state index < -0.39 is 0 Å². The van der Waals surface area contributed by atoms with Gasteiger partial charge in [-0.2, -0.15) is 0 Å². The Morgan fingerprint density at radius 2 is 1.82 bits per heavy atom. The molecule has 0 bridgehead atoms. The first-order chi connectivity index (χ1) is 10.7. The number of nitrogens with zero attached hydrogens (tertiary/aromatic N) is 1. The minimum Gasteiger partial charge on any atom is -0.492 e. The van der Waals surface area contributed by atoms with Gasteiger partial charge in [-0.05, 0) is 44.8 Å². The predicted molar refractivity (Wildman–Crippen MR) is 94.3 cm³/mol. The molecule has 0 aliphatic heterocycles. The maximum atomic E-state index is 12.6. The second-order valence-corrected chi connectivity index (χ2v) is 6.62. The van der Waals surface area contributed by atoms with Gasteiger partial charge in [0.05, 0.1) is 11.3 Å². The van der Waals surface area contributed by atoms with E-state index >= 15 is 0 Å². The maximum absolute atomic E-state index is 12.6. The molecule has 4 heteroatoms. The first-order valence-electron chi connectivity index (χ1n) is 7.39. The Kier molecular flexibility index (Phi) is 4.41. The standard InChI is InChI=1S/C18H19NO2S/c1-19(2)11-6-12-21-15-9-5-8-14-17(20)13-7-3-4-10-16(13)22-18(14)15/h3-5,7-10H,6,11-12H2,1-2H3. The molecule has 1 aromatic heterocycles. The molecule has 3 aromatic rings. The molecule has 0 radical (unpaired) electrons. The van der Waals surface area contributed by atoms with E-state index in [0.29, 0.717) is 6.61 Å². The second-order valence-electron chi connectivity index (χ2n) is 5.57. The molecule has 0 fully saturated rings. The highest BCUT2D eigenvalue weighted by molar-refractivity contribution is 7.24. The van der Waals surface area contributed by atoms with E-state index in [-0.39, 0.29) is 5.43 Å². The summed E-state index contributed by atoms with van der Waals surface area (Å²) in [6.07, 6.45) is 0.964. The summed E-state index contributed by atoms with van der Waals surface area (Å²) in [7, 11) is 4.10. The minimum atomic E-state index is 0.0862. The smallest absolute Gasteiger partial charge is 0.196 e. The largest absolute Gasteiger partial charge is 0.492 e. The molecule has 0 unspecified atom stereocenters. The molecule has 0 saturated carbocycles. The van der Waals surface area contributed by atoms with Crippen LogP contribution in [0.4, 0.5) is 0 Å². The first-order valence-corrected chi connectivity index (χ1v) is 8.20. The first kappa shape index (κ1) is 15.0. The van der Waals surface area contributed by atoms with Crippen LogP contribution in [0.15, 0.2) is 47.3 Å². The number of benzene rings is 2. The van der Waals surface area contributed by atoms with Gasteiger partial charge in [-0.25, -0.2) is 0 Å². The third-order valence-corrected chi connectivity index (χ3v) is 4.78. The fourth-order valence-electron chi connectivity index (χ4n) is 2.47. The average molecular weight is 313 g/mol. The second kappa shape index (κ2) is 6.46. The van der Waals surface area contributed by atoms with Crippen molar-refractivity contribution in [3.8, 4) is 5.75 Å². The van der Waals surface area contributed by atoms with Gasteiger partial charge in [0.2, 0.25) is 0 Å². The molecule has 0 amide bonds. The lowest BCUT2D eigenvalue weighted by Gasteiger charge is -2.12. The quantitative estimate of drug-likeness (QED) is 0.531. The van der Waals surface area contributed by atoms with Gasteiger partial charge in [0.1, 0.15) is 5.75 Å². The summed E-state index contributed by atoms with van der Waals surface area (Å²) in [6.45, 7) is 1.65. The van der Waals surface area contributed by atoms with Crippen LogP contribution in [0.25, 0.3) is 20.2 Å². The van der Waals surface area contributed by atoms with Crippen molar-refractivity contribution in [2.45, 2.75) is 6.42 Å². The van der Waals surface area contributed by atoms with E-state index in [1.807, 2.05) is 42.5 Å². The van der Waals surface area contributed by atoms with Crippen molar-refractivity contribution < 1.29 is 4.74 Å². The Bertz CT molecular complexity index is 854. The van der Waals surface area contributed by atoms with Crippen LogP contribution in [0.2, 0.25) is 0 Å². The maximum Gasteiger partial charge on any atom is 0.196 e. The summed E-state index contributed by atoms with van der Waals surface area (Å²) in [5.41, 5.74) is 0.0862. The molecule has 2 aromatic carbocycles. The number of ether oxygens (including phenoxy) is 1. The van der Waals surface area contributed by atoms with Crippen LogP contribution in [0, 0.1) is 0 Å². The molecular weight excluding hydrogens is 294 g/mol. The number of hydrogen-bond acceptors (Lipinski definition) is 4. The van der Waals surface area contributed by atoms with E-state index in [1.54, 1.807) is 11.3 Å². The molecule has 0 N–H and O–H groups in total. The molecule has 3 nitrogen and oxygen atoms in total. The van der Waals surface area contributed by atoms with Crippen molar-refractivity contribution in [1.29, 1.82) is 0 Å². The lowest BCUT2D eigenvalue weighted by atomic mass is 10.2. The van der Waals surface area contributed by atoms with Gasteiger partial charge in [0, 0.05) is 22.0 Å². The molecule has 22 heavy (non-hydrogen) atoms. The van der Waals surface area contributed by atoms with Gasteiger partial charge in [0.15, 0.2) is 5.43 Å². The van der Waals surface area contributed by atoms with Crippen LogP contribution >= 0.6 is 11.3 Å². The fourth-order valence-corrected chi connectivity index (χ4v) is 3.61. The number of rotatable bonds is 5. The molecule has 0 atom stereocenters. The van der Waals surface area contributed by atoms with Crippen molar-refractivity contribution >= 4 is 31.5 Å². The van der Waals surface area contributed by atoms with Crippen molar-refractivity contribution in [3.63, 3.8) is 0 Å². The summed E-state index contributed by atoms with van der Waals surface area (Å²) in [5.74, 6) is 0.809. The number of hydrogen-bond donors (Lipinski definition) is 0. The normalized spacial score (nSPS) is 11.4. The lowest BCUT2D eigenvalue weighted by Crippen LogP contribution is -2.15. The molecular formula is C18H19NO2S. The average Bonchev–Trinajstić information content (AvgIpc) is 2.52. The predicted octanol–water partition coefficient (Wildman–Crippen LogP) is 3.75. The van der Waals surface area contributed by atoms with E-state index in [1.165, 1.54) is 0 Å². The third kappa shape index (κ3) is 2.98. The molecule has 1 heterocycles. The highest BCUT2D eigenvalue weighted by atomic mass is 32.1. The molecule has 0 aliphatic rings. The van der Waals surface area contributed by atoms with E-state index in [0.717, 1.165) is 38.9 Å². The summed E-state index contributed by atoms with van der Waals surface area (Å²) in [5, 5.41) is 1.53. The van der Waals surface area contributed by atoms with Crippen LogP contribution in [-0.4, -0.2) is 32.1 Å². The van der Waals surface area contributed by atoms with Crippen molar-refractivity contribution in [2.24, 2.45) is 0 Å². The molecule has 0 spiro atoms. The number of fused-ring (bicyclic) bond motifs is 2. The minimum absolute atomic E-state index is 0.0862. The monoisotopic (exact) mass is 313 g/mol. The van der Waals surface area contributed by atoms with Crippen molar-refractivity contribution in [1.82, 2.24) is 4.90 Å². The zero-order chi connectivity index (χ0) is 15.5. The zero-order valence-electron chi connectivity index (χ0n) is 12.8.